The van der Waals surface area contributed by atoms with Gasteiger partial charge in [0.1, 0.15) is 22.5 Å². The Labute approximate surface area is 133 Å². The maximum absolute atomic E-state index is 13.3. The molecule has 0 amide bonds. The third kappa shape index (κ3) is 3.07. The van der Waals surface area contributed by atoms with Gasteiger partial charge in [0.05, 0.1) is 10.9 Å². The van der Waals surface area contributed by atoms with Gasteiger partial charge in [-0.3, -0.25) is 0 Å². The Balaban J connectivity index is 2.07. The van der Waals surface area contributed by atoms with Crippen LogP contribution in [0, 0.1) is 5.82 Å². The molecule has 0 atom stereocenters. The molecule has 118 valence electrons. The number of benzene rings is 2. The summed E-state index contributed by atoms with van der Waals surface area (Å²) in [6.07, 6.45) is -3.30. The highest BCUT2D eigenvalue weighted by Crippen LogP contribution is 2.37. The van der Waals surface area contributed by atoms with Crippen molar-refractivity contribution in [3.8, 4) is 11.5 Å². The van der Waals surface area contributed by atoms with Crippen LogP contribution in [0.15, 0.2) is 48.7 Å². The zero-order chi connectivity index (χ0) is 16.6. The smallest absolute Gasteiger partial charge is 0.419 e. The van der Waals surface area contributed by atoms with E-state index in [9.17, 15) is 17.6 Å². The largest absolute Gasteiger partial charge is 0.457 e. The van der Waals surface area contributed by atoms with Crippen LogP contribution in [0.5, 0.6) is 11.5 Å². The molecule has 0 saturated heterocycles. The Kier molecular flexibility index (Phi) is 3.85. The lowest BCUT2D eigenvalue weighted by Crippen LogP contribution is -2.08. The van der Waals surface area contributed by atoms with Crippen molar-refractivity contribution in [3.05, 3.63) is 65.2 Å². The Hall–Kier alpha value is -2.34. The molecule has 1 aromatic heterocycles. The molecule has 0 aliphatic heterocycles. The molecular weight excluding hydrogens is 334 g/mol. The van der Waals surface area contributed by atoms with E-state index in [-0.39, 0.29) is 16.7 Å². The van der Waals surface area contributed by atoms with Gasteiger partial charge in [-0.05, 0) is 35.7 Å². The highest BCUT2D eigenvalue weighted by molar-refractivity contribution is 6.34. The SMILES string of the molecule is Fc1ccc(Oc2cccc3ccnc(Cl)c23)cc1C(F)(F)F. The van der Waals surface area contributed by atoms with Crippen LogP contribution in [-0.4, -0.2) is 4.98 Å². The molecule has 1 heterocycles. The number of alkyl halides is 3. The van der Waals surface area contributed by atoms with E-state index in [2.05, 4.69) is 4.98 Å². The lowest BCUT2D eigenvalue weighted by Gasteiger charge is -2.12. The lowest BCUT2D eigenvalue weighted by atomic mass is 10.1. The van der Waals surface area contributed by atoms with E-state index in [0.717, 1.165) is 11.5 Å². The van der Waals surface area contributed by atoms with Crippen molar-refractivity contribution < 1.29 is 22.3 Å². The van der Waals surface area contributed by atoms with E-state index in [1.54, 1.807) is 24.3 Å². The van der Waals surface area contributed by atoms with Crippen LogP contribution in [0.2, 0.25) is 5.15 Å². The standard InChI is InChI=1S/C16H8ClF4NO/c17-15-14-9(6-7-22-15)2-1-3-13(14)23-10-4-5-12(18)11(8-10)16(19,20)21/h1-8H. The molecule has 0 fully saturated rings. The number of fused-ring (bicyclic) bond motifs is 1. The van der Waals surface area contributed by atoms with E-state index in [0.29, 0.717) is 17.5 Å². The number of nitrogens with zero attached hydrogens (tertiary/aromatic N) is 1. The van der Waals surface area contributed by atoms with Crippen LogP contribution in [0.4, 0.5) is 17.6 Å². The minimum atomic E-state index is -4.80. The normalized spacial score (nSPS) is 11.7. The number of hydrogen-bond acceptors (Lipinski definition) is 2. The lowest BCUT2D eigenvalue weighted by molar-refractivity contribution is -0.140. The van der Waals surface area contributed by atoms with Crippen molar-refractivity contribution in [1.29, 1.82) is 0 Å². The Morgan fingerprint density at radius 1 is 1.04 bits per heavy atom. The van der Waals surface area contributed by atoms with Crippen LogP contribution in [-0.2, 0) is 6.18 Å². The van der Waals surface area contributed by atoms with Crippen molar-refractivity contribution in [1.82, 2.24) is 4.98 Å². The number of rotatable bonds is 2. The fourth-order valence-electron chi connectivity index (χ4n) is 2.15. The van der Waals surface area contributed by atoms with Crippen molar-refractivity contribution in [3.63, 3.8) is 0 Å². The van der Waals surface area contributed by atoms with Crippen molar-refractivity contribution in [2.75, 3.05) is 0 Å². The highest BCUT2D eigenvalue weighted by atomic mass is 35.5. The van der Waals surface area contributed by atoms with Gasteiger partial charge >= 0.3 is 6.18 Å². The summed E-state index contributed by atoms with van der Waals surface area (Å²) in [5.41, 5.74) is -1.39. The van der Waals surface area contributed by atoms with Gasteiger partial charge in [-0.25, -0.2) is 9.37 Å². The van der Waals surface area contributed by atoms with Crippen LogP contribution in [0.3, 0.4) is 0 Å². The van der Waals surface area contributed by atoms with Crippen molar-refractivity contribution in [2.24, 2.45) is 0 Å². The van der Waals surface area contributed by atoms with E-state index >= 15 is 0 Å². The molecule has 0 bridgehead atoms. The number of halogens is 5. The third-order valence-electron chi connectivity index (χ3n) is 3.18. The summed E-state index contributed by atoms with van der Waals surface area (Å²) in [4.78, 5) is 3.93. The van der Waals surface area contributed by atoms with E-state index in [1.165, 1.54) is 6.20 Å². The summed E-state index contributed by atoms with van der Waals surface area (Å²) in [7, 11) is 0. The molecule has 7 heteroatoms. The topological polar surface area (TPSA) is 22.1 Å². The number of hydrogen-bond donors (Lipinski definition) is 0. The molecule has 0 radical (unpaired) electrons. The van der Waals surface area contributed by atoms with Gasteiger partial charge < -0.3 is 4.74 Å². The summed E-state index contributed by atoms with van der Waals surface area (Å²) in [5, 5.41) is 1.35. The summed E-state index contributed by atoms with van der Waals surface area (Å²) in [6.45, 7) is 0. The average Bonchev–Trinajstić information content (AvgIpc) is 2.48. The predicted octanol–water partition coefficient (Wildman–Crippen LogP) is 5.84. The molecule has 2 aromatic carbocycles. The average molecular weight is 342 g/mol. The summed E-state index contributed by atoms with van der Waals surface area (Å²) < 4.78 is 57.1. The molecule has 0 unspecified atom stereocenters. The molecule has 2 nitrogen and oxygen atoms in total. The first-order chi connectivity index (χ1) is 10.9. The minimum Gasteiger partial charge on any atom is -0.457 e. The molecular formula is C16H8ClF4NO. The Morgan fingerprint density at radius 3 is 2.57 bits per heavy atom. The monoisotopic (exact) mass is 341 g/mol. The molecule has 0 spiro atoms. The Morgan fingerprint density at radius 2 is 1.83 bits per heavy atom. The van der Waals surface area contributed by atoms with Crippen LogP contribution >= 0.6 is 11.6 Å². The van der Waals surface area contributed by atoms with E-state index in [4.69, 9.17) is 16.3 Å². The molecule has 3 aromatic rings. The van der Waals surface area contributed by atoms with Crippen LogP contribution < -0.4 is 4.74 Å². The second kappa shape index (κ2) is 5.70. The minimum absolute atomic E-state index is 0.147. The molecule has 3 rings (SSSR count). The fraction of sp³-hybridized carbons (Fsp3) is 0.0625. The Bertz CT molecular complexity index is 874. The van der Waals surface area contributed by atoms with E-state index in [1.807, 2.05) is 0 Å². The van der Waals surface area contributed by atoms with Gasteiger partial charge in [0, 0.05) is 6.20 Å². The zero-order valence-corrected chi connectivity index (χ0v) is 12.1. The first-order valence-electron chi connectivity index (χ1n) is 6.44. The summed E-state index contributed by atoms with van der Waals surface area (Å²) in [6, 6.07) is 9.12. The summed E-state index contributed by atoms with van der Waals surface area (Å²) >= 11 is 6.03. The van der Waals surface area contributed by atoms with Gasteiger partial charge in [0.15, 0.2) is 0 Å². The molecule has 0 N–H and O–H groups in total. The maximum Gasteiger partial charge on any atom is 0.419 e. The first-order valence-corrected chi connectivity index (χ1v) is 6.82. The molecule has 0 saturated carbocycles. The number of ether oxygens (including phenoxy) is 1. The van der Waals surface area contributed by atoms with Crippen LogP contribution in [0.25, 0.3) is 10.8 Å². The maximum atomic E-state index is 13.3. The predicted molar refractivity (Wildman–Crippen MR) is 78.2 cm³/mol. The highest BCUT2D eigenvalue weighted by Gasteiger charge is 2.34. The number of pyridine rings is 1. The fourth-order valence-corrected chi connectivity index (χ4v) is 2.41. The number of aromatic nitrogens is 1. The van der Waals surface area contributed by atoms with Gasteiger partial charge in [-0.1, -0.05) is 23.7 Å². The van der Waals surface area contributed by atoms with Gasteiger partial charge in [-0.15, -0.1) is 0 Å². The molecule has 0 aliphatic carbocycles. The molecule has 0 aliphatic rings. The van der Waals surface area contributed by atoms with Gasteiger partial charge in [0.2, 0.25) is 0 Å². The van der Waals surface area contributed by atoms with Gasteiger partial charge in [-0.2, -0.15) is 13.2 Å². The van der Waals surface area contributed by atoms with Gasteiger partial charge in [0.25, 0.3) is 0 Å². The zero-order valence-electron chi connectivity index (χ0n) is 11.4. The van der Waals surface area contributed by atoms with Crippen LogP contribution in [0.1, 0.15) is 5.56 Å². The first kappa shape index (κ1) is 15.6. The quantitative estimate of drug-likeness (QED) is 0.431. The van der Waals surface area contributed by atoms with E-state index < -0.39 is 17.6 Å². The third-order valence-corrected chi connectivity index (χ3v) is 3.46. The molecule has 23 heavy (non-hydrogen) atoms. The second-order valence-electron chi connectivity index (χ2n) is 4.70. The summed E-state index contributed by atoms with van der Waals surface area (Å²) in [5.74, 6) is -1.27. The van der Waals surface area contributed by atoms with Crippen molar-refractivity contribution >= 4 is 22.4 Å². The van der Waals surface area contributed by atoms with Crippen molar-refractivity contribution in [2.45, 2.75) is 6.18 Å². The second-order valence-corrected chi connectivity index (χ2v) is 5.06.